The number of nitrogens with zero attached hydrogens (tertiary/aromatic N) is 1. The van der Waals surface area contributed by atoms with Crippen LogP contribution in [0.25, 0.3) is 0 Å². The van der Waals surface area contributed by atoms with Crippen molar-refractivity contribution in [3.05, 3.63) is 0 Å². The molecule has 5 heteroatoms. The van der Waals surface area contributed by atoms with Gasteiger partial charge in [-0.3, -0.25) is 9.59 Å². The van der Waals surface area contributed by atoms with E-state index in [2.05, 4.69) is 5.32 Å². The number of carbonyl (C=O) groups is 2. The molecule has 0 aromatic heterocycles. The SMILES string of the molecule is CCC1C(=O)NC(C2CC2)C(=O)N1C1CCOC1. The standard InChI is InChI=1S/C13H20N2O3/c1-2-10-12(16)14-11(8-3-4-8)13(17)15(10)9-5-6-18-7-9/h8-11H,2-7H2,1H3,(H,14,16). The summed E-state index contributed by atoms with van der Waals surface area (Å²) < 4.78 is 5.37. The zero-order valence-electron chi connectivity index (χ0n) is 10.7. The first kappa shape index (κ1) is 12.0. The molecule has 2 saturated heterocycles. The van der Waals surface area contributed by atoms with Gasteiger partial charge >= 0.3 is 0 Å². The minimum absolute atomic E-state index is 0.0147. The summed E-state index contributed by atoms with van der Waals surface area (Å²) in [6, 6.07) is -0.491. The van der Waals surface area contributed by atoms with Crippen LogP contribution in [0.15, 0.2) is 0 Å². The summed E-state index contributed by atoms with van der Waals surface area (Å²) in [5, 5.41) is 2.91. The molecular weight excluding hydrogens is 232 g/mol. The molecule has 0 aromatic carbocycles. The summed E-state index contributed by atoms with van der Waals surface area (Å²) in [4.78, 5) is 26.5. The predicted molar refractivity (Wildman–Crippen MR) is 64.8 cm³/mol. The number of hydrogen-bond donors (Lipinski definition) is 1. The zero-order valence-corrected chi connectivity index (χ0v) is 10.7. The van der Waals surface area contributed by atoms with Crippen LogP contribution in [0.1, 0.15) is 32.6 Å². The molecule has 1 N–H and O–H groups in total. The highest BCUT2D eigenvalue weighted by molar-refractivity contribution is 5.97. The largest absolute Gasteiger partial charge is 0.379 e. The molecule has 0 aromatic rings. The van der Waals surface area contributed by atoms with Gasteiger partial charge in [0.1, 0.15) is 12.1 Å². The van der Waals surface area contributed by atoms with E-state index in [9.17, 15) is 9.59 Å². The van der Waals surface area contributed by atoms with E-state index in [4.69, 9.17) is 4.74 Å². The Labute approximate surface area is 107 Å². The quantitative estimate of drug-likeness (QED) is 0.785. The Bertz CT molecular complexity index is 361. The number of amides is 2. The second kappa shape index (κ2) is 4.53. The summed E-state index contributed by atoms with van der Waals surface area (Å²) >= 11 is 0. The third kappa shape index (κ3) is 1.90. The Kier molecular flexibility index (Phi) is 3.01. The fourth-order valence-electron chi connectivity index (χ4n) is 3.06. The topological polar surface area (TPSA) is 58.6 Å². The smallest absolute Gasteiger partial charge is 0.246 e. The zero-order chi connectivity index (χ0) is 12.7. The summed E-state index contributed by atoms with van der Waals surface area (Å²) in [6.45, 7) is 3.23. The van der Waals surface area contributed by atoms with Crippen LogP contribution in [-0.2, 0) is 14.3 Å². The van der Waals surface area contributed by atoms with Gasteiger partial charge in [-0.05, 0) is 31.6 Å². The van der Waals surface area contributed by atoms with E-state index < -0.39 is 0 Å². The fourth-order valence-corrected chi connectivity index (χ4v) is 3.06. The van der Waals surface area contributed by atoms with E-state index in [-0.39, 0.29) is 29.9 Å². The maximum Gasteiger partial charge on any atom is 0.246 e. The van der Waals surface area contributed by atoms with Crippen molar-refractivity contribution in [2.24, 2.45) is 5.92 Å². The third-order valence-corrected chi connectivity index (χ3v) is 4.24. The van der Waals surface area contributed by atoms with E-state index >= 15 is 0 Å². The second-order valence-corrected chi connectivity index (χ2v) is 5.51. The van der Waals surface area contributed by atoms with Gasteiger partial charge in [0.05, 0.1) is 12.6 Å². The monoisotopic (exact) mass is 252 g/mol. The Morgan fingerprint density at radius 2 is 2.11 bits per heavy atom. The molecule has 3 aliphatic rings. The maximum absolute atomic E-state index is 12.6. The lowest BCUT2D eigenvalue weighted by atomic mass is 9.99. The van der Waals surface area contributed by atoms with Gasteiger partial charge in [0.2, 0.25) is 11.8 Å². The number of carbonyl (C=O) groups excluding carboxylic acids is 2. The number of rotatable bonds is 3. The van der Waals surface area contributed by atoms with E-state index in [1.165, 1.54) is 0 Å². The first-order valence-electron chi connectivity index (χ1n) is 6.92. The molecule has 3 atom stereocenters. The predicted octanol–water partition coefficient (Wildman–Crippen LogP) is 0.291. The van der Waals surface area contributed by atoms with Gasteiger partial charge in [0.15, 0.2) is 0 Å². The Morgan fingerprint density at radius 3 is 2.67 bits per heavy atom. The van der Waals surface area contributed by atoms with Crippen LogP contribution < -0.4 is 5.32 Å². The third-order valence-electron chi connectivity index (χ3n) is 4.24. The van der Waals surface area contributed by atoms with Gasteiger partial charge in [-0.2, -0.15) is 0 Å². The molecule has 0 bridgehead atoms. The molecule has 18 heavy (non-hydrogen) atoms. The minimum atomic E-state index is -0.306. The Morgan fingerprint density at radius 1 is 1.33 bits per heavy atom. The molecule has 3 rings (SSSR count). The van der Waals surface area contributed by atoms with Gasteiger partial charge < -0.3 is 15.0 Å². The molecule has 3 fully saturated rings. The van der Waals surface area contributed by atoms with Crippen LogP contribution in [-0.4, -0.2) is 48.1 Å². The normalized spacial score (nSPS) is 36.9. The van der Waals surface area contributed by atoms with Gasteiger partial charge in [-0.1, -0.05) is 6.92 Å². The fraction of sp³-hybridized carbons (Fsp3) is 0.846. The average Bonchev–Trinajstić information content (AvgIpc) is 3.06. The molecule has 2 heterocycles. The highest BCUT2D eigenvalue weighted by atomic mass is 16.5. The lowest BCUT2D eigenvalue weighted by Crippen LogP contribution is -2.66. The molecule has 0 spiro atoms. The molecule has 5 nitrogen and oxygen atoms in total. The van der Waals surface area contributed by atoms with Crippen LogP contribution in [0.4, 0.5) is 0 Å². The highest BCUT2D eigenvalue weighted by Gasteiger charge is 2.48. The summed E-state index contributed by atoms with van der Waals surface area (Å²) in [5.74, 6) is 0.490. The van der Waals surface area contributed by atoms with E-state index in [0.717, 1.165) is 19.3 Å². The van der Waals surface area contributed by atoms with Crippen LogP contribution >= 0.6 is 0 Å². The molecule has 2 amide bonds. The molecule has 2 aliphatic heterocycles. The first-order chi connectivity index (χ1) is 8.72. The van der Waals surface area contributed by atoms with E-state index in [1.54, 1.807) is 0 Å². The molecule has 1 aliphatic carbocycles. The number of hydrogen-bond acceptors (Lipinski definition) is 3. The molecule has 100 valence electrons. The van der Waals surface area contributed by atoms with Crippen LogP contribution in [0, 0.1) is 5.92 Å². The van der Waals surface area contributed by atoms with E-state index in [1.807, 2.05) is 11.8 Å². The van der Waals surface area contributed by atoms with Gasteiger partial charge in [-0.15, -0.1) is 0 Å². The lowest BCUT2D eigenvalue weighted by Gasteiger charge is -2.41. The molecule has 3 unspecified atom stereocenters. The van der Waals surface area contributed by atoms with E-state index in [0.29, 0.717) is 25.6 Å². The van der Waals surface area contributed by atoms with Crippen molar-refractivity contribution in [3.8, 4) is 0 Å². The first-order valence-corrected chi connectivity index (χ1v) is 6.92. The second-order valence-electron chi connectivity index (χ2n) is 5.51. The van der Waals surface area contributed by atoms with Crippen molar-refractivity contribution in [3.63, 3.8) is 0 Å². The van der Waals surface area contributed by atoms with Gasteiger partial charge in [-0.25, -0.2) is 0 Å². The van der Waals surface area contributed by atoms with Crippen LogP contribution in [0.5, 0.6) is 0 Å². The van der Waals surface area contributed by atoms with Crippen molar-refractivity contribution in [2.75, 3.05) is 13.2 Å². The van der Waals surface area contributed by atoms with Gasteiger partial charge in [0, 0.05) is 6.61 Å². The Hall–Kier alpha value is -1.10. The summed E-state index contributed by atoms with van der Waals surface area (Å²) in [6.07, 6.45) is 3.64. The van der Waals surface area contributed by atoms with Crippen molar-refractivity contribution in [1.82, 2.24) is 10.2 Å². The maximum atomic E-state index is 12.6. The van der Waals surface area contributed by atoms with Crippen molar-refractivity contribution in [2.45, 2.75) is 50.7 Å². The Balaban J connectivity index is 1.83. The number of ether oxygens (including phenoxy) is 1. The minimum Gasteiger partial charge on any atom is -0.379 e. The van der Waals surface area contributed by atoms with Crippen LogP contribution in [0.2, 0.25) is 0 Å². The van der Waals surface area contributed by atoms with Crippen molar-refractivity contribution < 1.29 is 14.3 Å². The average molecular weight is 252 g/mol. The van der Waals surface area contributed by atoms with Crippen molar-refractivity contribution in [1.29, 1.82) is 0 Å². The number of piperazine rings is 1. The summed E-state index contributed by atoms with van der Waals surface area (Å²) in [5.41, 5.74) is 0. The lowest BCUT2D eigenvalue weighted by molar-refractivity contribution is -0.153. The summed E-state index contributed by atoms with van der Waals surface area (Å²) in [7, 11) is 0. The van der Waals surface area contributed by atoms with Crippen LogP contribution in [0.3, 0.4) is 0 Å². The van der Waals surface area contributed by atoms with Gasteiger partial charge in [0.25, 0.3) is 0 Å². The highest BCUT2D eigenvalue weighted by Crippen LogP contribution is 2.36. The van der Waals surface area contributed by atoms with Crippen molar-refractivity contribution >= 4 is 11.8 Å². The number of nitrogens with one attached hydrogen (secondary N) is 1. The molecular formula is C13H20N2O3. The molecule has 1 saturated carbocycles. The molecule has 0 radical (unpaired) electrons.